The standard InChI is InChI=1S/C43H47N3O5/c1-2-3-4-5-6-9-32(47)14-11-28-13-16-40(49)42(24-28)51-22-19-29-12-15-39(48)37(23-29)36-27-41(50)33-18-21-45-38(33)10-7-8-30-26-35-31(25-34(30)36)17-20-46-43(35)44/h6,9,12-13,15-16,18,21,23-26,36,43,45-46,48-49H,2-5,10-11,14,17,19-20,22,27,44H2,1H3/b9-6+/t36-,43-/m1/s1. The predicted octanol–water partition coefficient (Wildman–Crippen LogP) is 7.10. The quantitative estimate of drug-likeness (QED) is 0.0575. The van der Waals surface area contributed by atoms with Crippen molar-refractivity contribution in [1.29, 1.82) is 0 Å². The smallest absolute Gasteiger partial charge is 0.165 e. The second-order valence-corrected chi connectivity index (χ2v) is 13.5. The van der Waals surface area contributed by atoms with Gasteiger partial charge in [-0.2, -0.15) is 0 Å². The van der Waals surface area contributed by atoms with Crippen LogP contribution in [-0.4, -0.2) is 39.9 Å². The first-order valence-corrected chi connectivity index (χ1v) is 18.1. The van der Waals surface area contributed by atoms with Crippen LogP contribution in [-0.2, 0) is 30.5 Å². The number of ketones is 2. The van der Waals surface area contributed by atoms with Crippen molar-refractivity contribution in [2.24, 2.45) is 5.73 Å². The minimum atomic E-state index is -0.449. The fraction of sp³-hybridized carbons (Fsp3) is 0.349. The largest absolute Gasteiger partial charge is 0.508 e. The zero-order chi connectivity index (χ0) is 35.7. The molecular formula is C43H47N3O5. The van der Waals surface area contributed by atoms with Gasteiger partial charge in [-0.3, -0.25) is 14.9 Å². The fourth-order valence-corrected chi connectivity index (χ4v) is 7.00. The molecule has 1 aromatic heterocycles. The molecule has 51 heavy (non-hydrogen) atoms. The monoisotopic (exact) mass is 685 g/mol. The van der Waals surface area contributed by atoms with E-state index < -0.39 is 5.92 Å². The van der Waals surface area contributed by atoms with Crippen LogP contribution in [0, 0.1) is 11.8 Å². The molecule has 0 fully saturated rings. The third kappa shape index (κ3) is 8.80. The van der Waals surface area contributed by atoms with Crippen LogP contribution in [0.2, 0.25) is 0 Å². The number of carbonyl (C=O) groups excluding carboxylic acids is 2. The Balaban J connectivity index is 1.20. The van der Waals surface area contributed by atoms with Crippen LogP contribution < -0.4 is 15.8 Å². The third-order valence-electron chi connectivity index (χ3n) is 9.87. The Kier molecular flexibility index (Phi) is 11.7. The van der Waals surface area contributed by atoms with E-state index in [9.17, 15) is 19.8 Å². The normalized spacial score (nSPS) is 16.9. The summed E-state index contributed by atoms with van der Waals surface area (Å²) in [5.41, 5.74) is 14.1. The molecule has 0 saturated heterocycles. The maximum atomic E-state index is 13.8. The van der Waals surface area contributed by atoms with Gasteiger partial charge in [-0.25, -0.2) is 0 Å². The molecule has 0 spiro atoms. The molecule has 0 amide bonds. The Bertz CT molecular complexity index is 1980. The van der Waals surface area contributed by atoms with Gasteiger partial charge in [0.25, 0.3) is 0 Å². The van der Waals surface area contributed by atoms with Crippen molar-refractivity contribution in [2.45, 2.75) is 83.2 Å². The first-order valence-electron chi connectivity index (χ1n) is 18.1. The highest BCUT2D eigenvalue weighted by Crippen LogP contribution is 2.40. The minimum absolute atomic E-state index is 0.0184. The Morgan fingerprint density at radius 2 is 1.82 bits per heavy atom. The van der Waals surface area contributed by atoms with E-state index in [1.54, 1.807) is 36.5 Å². The van der Waals surface area contributed by atoms with E-state index in [2.05, 4.69) is 35.1 Å². The number of aromatic nitrogens is 1. The Morgan fingerprint density at radius 3 is 2.67 bits per heavy atom. The number of hydrogen-bond acceptors (Lipinski definition) is 7. The van der Waals surface area contributed by atoms with E-state index in [1.807, 2.05) is 30.3 Å². The average molecular weight is 686 g/mol. The number of phenolic OH excluding ortho intramolecular Hbond substituents is 2. The van der Waals surface area contributed by atoms with Gasteiger partial charge in [-0.1, -0.05) is 61.9 Å². The lowest BCUT2D eigenvalue weighted by Gasteiger charge is -2.28. The number of rotatable bonds is 13. The van der Waals surface area contributed by atoms with Gasteiger partial charge < -0.3 is 25.7 Å². The maximum absolute atomic E-state index is 13.8. The molecule has 1 aliphatic carbocycles. The molecule has 0 saturated carbocycles. The number of aromatic hydroxyl groups is 2. The van der Waals surface area contributed by atoms with Crippen LogP contribution in [0.5, 0.6) is 17.2 Å². The zero-order valence-corrected chi connectivity index (χ0v) is 29.3. The van der Waals surface area contributed by atoms with Crippen LogP contribution in [0.15, 0.2) is 72.9 Å². The SMILES string of the molecule is CCCCC/C=C/C(=O)CCc1ccc(O)c(OCCc2ccc(O)c([C@@H]3CC(=O)c4cc[nH]c4CC#Cc4cc5c(cc43)CCN[C@H]5N)c2)c1. The molecule has 1 aliphatic heterocycles. The third-order valence-corrected chi connectivity index (χ3v) is 9.87. The lowest BCUT2D eigenvalue weighted by molar-refractivity contribution is -0.114. The number of fused-ring (bicyclic) bond motifs is 3. The van der Waals surface area contributed by atoms with Crippen LogP contribution in [0.3, 0.4) is 0 Å². The highest BCUT2D eigenvalue weighted by Gasteiger charge is 2.29. The molecule has 0 bridgehead atoms. The first kappa shape index (κ1) is 35.7. The summed E-state index contributed by atoms with van der Waals surface area (Å²) in [7, 11) is 0. The molecule has 8 nitrogen and oxygen atoms in total. The summed E-state index contributed by atoms with van der Waals surface area (Å²) in [6.45, 7) is 3.19. The Morgan fingerprint density at radius 1 is 1.00 bits per heavy atom. The van der Waals surface area contributed by atoms with E-state index in [0.717, 1.165) is 71.3 Å². The lowest BCUT2D eigenvalue weighted by atomic mass is 9.79. The van der Waals surface area contributed by atoms with Crippen molar-refractivity contribution in [2.75, 3.05) is 13.2 Å². The second-order valence-electron chi connectivity index (χ2n) is 13.5. The van der Waals surface area contributed by atoms with Gasteiger partial charge in [0, 0.05) is 60.3 Å². The van der Waals surface area contributed by atoms with Gasteiger partial charge in [0.2, 0.25) is 0 Å². The van der Waals surface area contributed by atoms with Crippen molar-refractivity contribution >= 4 is 11.6 Å². The summed E-state index contributed by atoms with van der Waals surface area (Å²) in [4.78, 5) is 29.3. The number of unbranched alkanes of at least 4 members (excludes halogenated alkanes) is 3. The number of H-pyrrole nitrogens is 1. The molecule has 264 valence electrons. The van der Waals surface area contributed by atoms with Crippen molar-refractivity contribution in [1.82, 2.24) is 10.3 Å². The van der Waals surface area contributed by atoms with E-state index in [-0.39, 0.29) is 42.3 Å². The van der Waals surface area contributed by atoms with Crippen molar-refractivity contribution in [3.63, 3.8) is 0 Å². The summed E-state index contributed by atoms with van der Waals surface area (Å²) >= 11 is 0. The van der Waals surface area contributed by atoms with E-state index in [1.165, 1.54) is 6.42 Å². The summed E-state index contributed by atoms with van der Waals surface area (Å²) in [5, 5.41) is 25.1. The maximum Gasteiger partial charge on any atom is 0.165 e. The number of nitrogens with two attached hydrogens (primary N) is 1. The van der Waals surface area contributed by atoms with Crippen molar-refractivity contribution < 1.29 is 24.5 Å². The van der Waals surface area contributed by atoms with Crippen molar-refractivity contribution in [3.05, 3.63) is 123 Å². The number of carbonyl (C=O) groups is 2. The summed E-state index contributed by atoms with van der Waals surface area (Å²) in [6.07, 6.45) is 12.3. The summed E-state index contributed by atoms with van der Waals surface area (Å²) < 4.78 is 6.04. The summed E-state index contributed by atoms with van der Waals surface area (Å²) in [6, 6.07) is 16.6. The lowest BCUT2D eigenvalue weighted by Crippen LogP contribution is -2.35. The summed E-state index contributed by atoms with van der Waals surface area (Å²) in [5.74, 6) is 6.75. The molecule has 6 rings (SSSR count). The van der Waals surface area contributed by atoms with E-state index in [4.69, 9.17) is 10.5 Å². The Hall–Kier alpha value is -5.10. The molecule has 3 aromatic carbocycles. The van der Waals surface area contributed by atoms with Crippen LogP contribution in [0.1, 0.15) is 113 Å². The number of hydrogen-bond donors (Lipinski definition) is 5. The molecule has 0 unspecified atom stereocenters. The first-order chi connectivity index (χ1) is 24.8. The van der Waals surface area contributed by atoms with Gasteiger partial charge >= 0.3 is 0 Å². The highest BCUT2D eigenvalue weighted by molar-refractivity contribution is 5.98. The Labute approximate surface area is 300 Å². The minimum Gasteiger partial charge on any atom is -0.508 e. The number of phenols is 2. The van der Waals surface area contributed by atoms with E-state index in [0.29, 0.717) is 42.6 Å². The average Bonchev–Trinajstić information content (AvgIpc) is 3.60. The fourth-order valence-electron chi connectivity index (χ4n) is 7.00. The molecule has 2 atom stereocenters. The molecular weight excluding hydrogens is 638 g/mol. The van der Waals surface area contributed by atoms with Crippen LogP contribution >= 0.6 is 0 Å². The van der Waals surface area contributed by atoms with Gasteiger partial charge in [0.05, 0.1) is 19.2 Å². The molecule has 6 N–H and O–H groups in total. The van der Waals surface area contributed by atoms with Crippen molar-refractivity contribution in [3.8, 4) is 29.1 Å². The topological polar surface area (TPSA) is 138 Å². The zero-order valence-electron chi connectivity index (χ0n) is 29.3. The van der Waals surface area contributed by atoms with Crippen LogP contribution in [0.25, 0.3) is 0 Å². The molecule has 8 heteroatoms. The number of Topliss-reactive ketones (excluding diaryl/α,β-unsaturated/α-hetero) is 1. The molecule has 4 aromatic rings. The number of benzene rings is 3. The number of aryl methyl sites for hydroxylation is 1. The number of allylic oxidation sites excluding steroid dienone is 2. The van der Waals surface area contributed by atoms with Crippen LogP contribution in [0.4, 0.5) is 0 Å². The van der Waals surface area contributed by atoms with Gasteiger partial charge in [-0.15, -0.1) is 0 Å². The van der Waals surface area contributed by atoms with Gasteiger partial charge in [0.1, 0.15) is 5.75 Å². The second kappa shape index (κ2) is 16.7. The molecule has 2 aliphatic rings. The number of ether oxygens (including phenoxy) is 1. The molecule has 2 heterocycles. The molecule has 0 radical (unpaired) electrons. The number of nitrogens with one attached hydrogen (secondary N) is 2. The van der Waals surface area contributed by atoms with Gasteiger partial charge in [0.15, 0.2) is 23.1 Å². The predicted molar refractivity (Wildman–Crippen MR) is 199 cm³/mol. The van der Waals surface area contributed by atoms with E-state index >= 15 is 0 Å². The highest BCUT2D eigenvalue weighted by atomic mass is 16.5. The van der Waals surface area contributed by atoms with Gasteiger partial charge in [-0.05, 0) is 89.9 Å². The number of aromatic amines is 1.